The highest BCUT2D eigenvalue weighted by Gasteiger charge is 2.13. The number of benzene rings is 1. The normalized spacial score (nSPS) is 16.2. The molecule has 10 heteroatoms. The number of nitrogens with one attached hydrogen (secondary N) is 2. The Morgan fingerprint density at radius 1 is 1.12 bits per heavy atom. The second-order valence-electron chi connectivity index (χ2n) is 7.99. The summed E-state index contributed by atoms with van der Waals surface area (Å²) in [5.74, 6) is 3.58. The van der Waals surface area contributed by atoms with Crippen molar-refractivity contribution in [1.29, 1.82) is 0 Å². The molecule has 1 aromatic heterocycles. The Balaban J connectivity index is 0.00000289. The molecule has 2 N–H and O–H groups in total. The Kier molecular flexibility index (Phi) is 9.54. The van der Waals surface area contributed by atoms with Gasteiger partial charge in [0, 0.05) is 46.2 Å². The Morgan fingerprint density at radius 3 is 2.72 bits per heavy atom. The summed E-state index contributed by atoms with van der Waals surface area (Å²) in [6.45, 7) is 9.44. The SMILES string of the molecule is Cc1nnc(CN=C(NCCc2ccc3c(c2)CCO3)NCCN2CCOCC2)n1C.I. The molecule has 4 rings (SSSR count). The maximum atomic E-state index is 5.61. The minimum absolute atomic E-state index is 0. The van der Waals surface area contributed by atoms with Crippen LogP contribution in [0.1, 0.15) is 22.8 Å². The van der Waals surface area contributed by atoms with E-state index in [0.717, 1.165) is 88.7 Å². The van der Waals surface area contributed by atoms with Crippen LogP contribution in [-0.4, -0.2) is 78.2 Å². The molecule has 2 aliphatic rings. The minimum atomic E-state index is 0. The van der Waals surface area contributed by atoms with Crippen LogP contribution in [0.2, 0.25) is 0 Å². The molecule has 3 heterocycles. The number of fused-ring (bicyclic) bond motifs is 1. The summed E-state index contributed by atoms with van der Waals surface area (Å²) in [6, 6.07) is 6.50. The van der Waals surface area contributed by atoms with Crippen molar-refractivity contribution in [2.24, 2.45) is 12.0 Å². The smallest absolute Gasteiger partial charge is 0.191 e. The maximum Gasteiger partial charge on any atom is 0.191 e. The second kappa shape index (κ2) is 12.4. The first-order chi connectivity index (χ1) is 15.2. The molecule has 0 atom stereocenters. The van der Waals surface area contributed by atoms with Crippen LogP contribution in [0.5, 0.6) is 5.75 Å². The lowest BCUT2D eigenvalue weighted by molar-refractivity contribution is 0.0389. The number of hydrogen-bond donors (Lipinski definition) is 2. The van der Waals surface area contributed by atoms with Gasteiger partial charge in [-0.15, -0.1) is 34.2 Å². The zero-order valence-corrected chi connectivity index (χ0v) is 21.3. The summed E-state index contributed by atoms with van der Waals surface area (Å²) in [5.41, 5.74) is 2.63. The molecule has 1 fully saturated rings. The predicted molar refractivity (Wildman–Crippen MR) is 135 cm³/mol. The fourth-order valence-electron chi connectivity index (χ4n) is 3.79. The number of aryl methyl sites for hydroxylation is 1. The van der Waals surface area contributed by atoms with Crippen LogP contribution < -0.4 is 15.4 Å². The molecule has 0 amide bonds. The average Bonchev–Trinajstić information content (AvgIpc) is 3.39. The van der Waals surface area contributed by atoms with Crippen LogP contribution in [0, 0.1) is 6.92 Å². The van der Waals surface area contributed by atoms with Crippen LogP contribution in [0.4, 0.5) is 0 Å². The van der Waals surface area contributed by atoms with Crippen molar-refractivity contribution in [3.8, 4) is 5.75 Å². The Bertz CT molecular complexity index is 896. The van der Waals surface area contributed by atoms with Gasteiger partial charge in [0.1, 0.15) is 18.1 Å². The summed E-state index contributed by atoms with van der Waals surface area (Å²) in [4.78, 5) is 7.16. The van der Waals surface area contributed by atoms with Crippen molar-refractivity contribution in [1.82, 2.24) is 30.3 Å². The molecule has 1 aromatic carbocycles. The third-order valence-corrected chi connectivity index (χ3v) is 5.85. The van der Waals surface area contributed by atoms with Crippen molar-refractivity contribution in [3.05, 3.63) is 41.0 Å². The third kappa shape index (κ3) is 6.79. The summed E-state index contributed by atoms with van der Waals surface area (Å²) >= 11 is 0. The number of guanidine groups is 1. The average molecular weight is 555 g/mol. The zero-order chi connectivity index (χ0) is 21.5. The van der Waals surface area contributed by atoms with Gasteiger partial charge in [0.15, 0.2) is 11.8 Å². The van der Waals surface area contributed by atoms with Crippen LogP contribution >= 0.6 is 24.0 Å². The fraction of sp³-hybridized carbons (Fsp3) is 0.591. The fourth-order valence-corrected chi connectivity index (χ4v) is 3.79. The van der Waals surface area contributed by atoms with Gasteiger partial charge < -0.3 is 24.7 Å². The van der Waals surface area contributed by atoms with Crippen LogP contribution in [0.15, 0.2) is 23.2 Å². The zero-order valence-electron chi connectivity index (χ0n) is 19.0. The van der Waals surface area contributed by atoms with Crippen molar-refractivity contribution < 1.29 is 9.47 Å². The Morgan fingerprint density at radius 2 is 1.94 bits per heavy atom. The van der Waals surface area contributed by atoms with E-state index >= 15 is 0 Å². The van der Waals surface area contributed by atoms with Gasteiger partial charge in [-0.05, 0) is 30.5 Å². The van der Waals surface area contributed by atoms with E-state index in [1.54, 1.807) is 0 Å². The predicted octanol–water partition coefficient (Wildman–Crippen LogP) is 1.29. The van der Waals surface area contributed by atoms with Gasteiger partial charge in [0.05, 0.1) is 19.8 Å². The van der Waals surface area contributed by atoms with E-state index in [-0.39, 0.29) is 24.0 Å². The van der Waals surface area contributed by atoms with Crippen LogP contribution in [0.25, 0.3) is 0 Å². The number of nitrogens with zero attached hydrogens (tertiary/aromatic N) is 5. The standard InChI is InChI=1S/C22H33N7O2.HI/c1-17-26-27-21(28(17)2)16-25-22(24-8-9-29-10-13-30-14-11-29)23-7-5-18-3-4-20-19(15-18)6-12-31-20;/h3-4,15H,5-14,16H2,1-2H3,(H2,23,24,25);1H. The third-order valence-electron chi connectivity index (χ3n) is 5.85. The monoisotopic (exact) mass is 555 g/mol. The summed E-state index contributed by atoms with van der Waals surface area (Å²) in [5, 5.41) is 15.3. The van der Waals surface area contributed by atoms with E-state index in [1.165, 1.54) is 11.1 Å². The molecule has 0 aliphatic carbocycles. The first kappa shape index (κ1) is 24.7. The molecule has 0 bridgehead atoms. The lowest BCUT2D eigenvalue weighted by Gasteiger charge is -2.26. The maximum absolute atomic E-state index is 5.61. The molecular weight excluding hydrogens is 521 g/mol. The van der Waals surface area contributed by atoms with E-state index in [4.69, 9.17) is 14.5 Å². The lowest BCUT2D eigenvalue weighted by Crippen LogP contribution is -2.44. The van der Waals surface area contributed by atoms with Gasteiger partial charge in [-0.2, -0.15) is 0 Å². The van der Waals surface area contributed by atoms with Gasteiger partial charge in [0.2, 0.25) is 0 Å². The van der Waals surface area contributed by atoms with Gasteiger partial charge >= 0.3 is 0 Å². The van der Waals surface area contributed by atoms with Gasteiger partial charge in [-0.1, -0.05) is 12.1 Å². The molecule has 0 radical (unpaired) electrons. The number of halogens is 1. The molecule has 0 saturated carbocycles. The summed E-state index contributed by atoms with van der Waals surface area (Å²) in [7, 11) is 1.97. The van der Waals surface area contributed by atoms with Crippen LogP contribution in [-0.2, 0) is 31.2 Å². The molecular formula is C22H34IN7O2. The highest BCUT2D eigenvalue weighted by atomic mass is 127. The largest absolute Gasteiger partial charge is 0.493 e. The number of ether oxygens (including phenoxy) is 2. The van der Waals surface area contributed by atoms with Crippen molar-refractivity contribution in [2.45, 2.75) is 26.3 Å². The molecule has 0 spiro atoms. The molecule has 176 valence electrons. The Hall–Kier alpha value is -1.92. The van der Waals surface area contributed by atoms with Crippen molar-refractivity contribution in [3.63, 3.8) is 0 Å². The molecule has 2 aliphatic heterocycles. The first-order valence-corrected chi connectivity index (χ1v) is 11.1. The van der Waals surface area contributed by atoms with Gasteiger partial charge in [-0.3, -0.25) is 4.90 Å². The lowest BCUT2D eigenvalue weighted by atomic mass is 10.1. The van der Waals surface area contributed by atoms with Crippen LogP contribution in [0.3, 0.4) is 0 Å². The number of aliphatic imine (C=N–C) groups is 1. The summed E-state index contributed by atoms with van der Waals surface area (Å²) in [6.07, 6.45) is 1.93. The highest BCUT2D eigenvalue weighted by molar-refractivity contribution is 14.0. The quantitative estimate of drug-likeness (QED) is 0.289. The van der Waals surface area contributed by atoms with E-state index in [1.807, 2.05) is 18.5 Å². The molecule has 2 aromatic rings. The van der Waals surface area contributed by atoms with Gasteiger partial charge in [-0.25, -0.2) is 4.99 Å². The number of morpholine rings is 1. The highest BCUT2D eigenvalue weighted by Crippen LogP contribution is 2.25. The topological polar surface area (TPSA) is 88.8 Å². The molecule has 0 unspecified atom stereocenters. The second-order valence-corrected chi connectivity index (χ2v) is 7.99. The van der Waals surface area contributed by atoms with E-state index < -0.39 is 0 Å². The number of rotatable bonds is 8. The number of hydrogen-bond acceptors (Lipinski definition) is 6. The van der Waals surface area contributed by atoms with Gasteiger partial charge in [0.25, 0.3) is 0 Å². The molecule has 32 heavy (non-hydrogen) atoms. The summed E-state index contributed by atoms with van der Waals surface area (Å²) < 4.78 is 13.0. The van der Waals surface area contributed by atoms with E-state index in [0.29, 0.717) is 6.54 Å². The number of aromatic nitrogens is 3. The molecule has 1 saturated heterocycles. The van der Waals surface area contributed by atoms with Crippen molar-refractivity contribution in [2.75, 3.05) is 52.5 Å². The first-order valence-electron chi connectivity index (χ1n) is 11.1. The minimum Gasteiger partial charge on any atom is -0.493 e. The van der Waals surface area contributed by atoms with E-state index in [2.05, 4.69) is 43.9 Å². The van der Waals surface area contributed by atoms with Crippen molar-refractivity contribution >= 4 is 29.9 Å². The van der Waals surface area contributed by atoms with E-state index in [9.17, 15) is 0 Å². The Labute approximate surface area is 207 Å². The molecule has 9 nitrogen and oxygen atoms in total.